The highest BCUT2D eigenvalue weighted by Crippen LogP contribution is 2.00. The van der Waals surface area contributed by atoms with Gasteiger partial charge in [-0.15, -0.1) is 0 Å². The number of likely N-dealkylation sites (N-methyl/N-ethyl adjacent to an activating group) is 1. The third-order valence-corrected chi connectivity index (χ3v) is 1.35. The van der Waals surface area contributed by atoms with E-state index in [4.69, 9.17) is 0 Å². The normalized spacial score (nSPS) is 26.9. The van der Waals surface area contributed by atoms with Gasteiger partial charge in [0.05, 0.1) is 0 Å². The van der Waals surface area contributed by atoms with E-state index in [1.807, 2.05) is 0 Å². The second kappa shape index (κ2) is 1.72. The number of carbonyl (C=O) groups is 2. The van der Waals surface area contributed by atoms with Crippen LogP contribution in [0.1, 0.15) is 6.92 Å². The maximum Gasteiger partial charge on any atom is 0.324 e. The SMILES string of the molecule is C[C@@H]1NC(=O)N(C)C1=O. The molecule has 4 nitrogen and oxygen atoms in total. The van der Waals surface area contributed by atoms with E-state index >= 15 is 0 Å². The van der Waals surface area contributed by atoms with Crippen molar-refractivity contribution in [2.45, 2.75) is 13.0 Å². The minimum atomic E-state index is -0.345. The number of hydrogen-bond acceptors (Lipinski definition) is 2. The summed E-state index contributed by atoms with van der Waals surface area (Å²) < 4.78 is 0. The first-order chi connectivity index (χ1) is 4.13. The van der Waals surface area contributed by atoms with Crippen molar-refractivity contribution in [3.63, 3.8) is 0 Å². The smallest absolute Gasteiger partial charge is 0.324 e. The van der Waals surface area contributed by atoms with Gasteiger partial charge in [0.25, 0.3) is 5.91 Å². The summed E-state index contributed by atoms with van der Waals surface area (Å²) in [5, 5.41) is 2.45. The maximum absolute atomic E-state index is 10.8. The fraction of sp³-hybridized carbons (Fsp3) is 0.600. The van der Waals surface area contributed by atoms with Crippen LogP contribution in [0.4, 0.5) is 4.79 Å². The number of carbonyl (C=O) groups excluding carboxylic acids is 2. The highest BCUT2D eigenvalue weighted by atomic mass is 16.2. The summed E-state index contributed by atoms with van der Waals surface area (Å²) in [7, 11) is 1.46. The first-order valence-electron chi connectivity index (χ1n) is 2.71. The fourth-order valence-corrected chi connectivity index (χ4v) is 0.734. The first kappa shape index (κ1) is 6.07. The van der Waals surface area contributed by atoms with Gasteiger partial charge >= 0.3 is 6.03 Å². The van der Waals surface area contributed by atoms with E-state index in [1.165, 1.54) is 7.05 Å². The number of amides is 3. The van der Waals surface area contributed by atoms with Crippen molar-refractivity contribution in [1.29, 1.82) is 0 Å². The summed E-state index contributed by atoms with van der Waals surface area (Å²) in [6.45, 7) is 1.66. The van der Waals surface area contributed by atoms with Gasteiger partial charge in [0, 0.05) is 7.05 Å². The van der Waals surface area contributed by atoms with Crippen LogP contribution in [-0.4, -0.2) is 29.9 Å². The molecule has 1 aliphatic rings. The Hall–Kier alpha value is -1.06. The van der Waals surface area contributed by atoms with E-state index < -0.39 is 0 Å². The Balaban J connectivity index is 2.77. The quantitative estimate of drug-likeness (QED) is 0.449. The number of imide groups is 1. The number of hydrogen-bond donors (Lipinski definition) is 1. The Kier molecular flexibility index (Phi) is 1.16. The molecule has 0 spiro atoms. The largest absolute Gasteiger partial charge is 0.326 e. The molecule has 1 saturated heterocycles. The zero-order chi connectivity index (χ0) is 7.02. The van der Waals surface area contributed by atoms with E-state index in [0.29, 0.717) is 0 Å². The second-order valence-corrected chi connectivity index (χ2v) is 2.07. The van der Waals surface area contributed by atoms with Crippen LogP contribution < -0.4 is 5.32 Å². The van der Waals surface area contributed by atoms with Crippen LogP contribution in [0.5, 0.6) is 0 Å². The monoisotopic (exact) mass is 128 g/mol. The molecule has 50 valence electrons. The summed E-state index contributed by atoms with van der Waals surface area (Å²) >= 11 is 0. The Labute approximate surface area is 52.8 Å². The highest BCUT2D eigenvalue weighted by Gasteiger charge is 2.31. The molecule has 1 atom stereocenters. The zero-order valence-corrected chi connectivity index (χ0v) is 5.34. The summed E-state index contributed by atoms with van der Waals surface area (Å²) in [4.78, 5) is 22.4. The molecule has 1 aliphatic heterocycles. The fourth-order valence-electron chi connectivity index (χ4n) is 0.734. The summed E-state index contributed by atoms with van der Waals surface area (Å²) in [6.07, 6.45) is 0. The molecule has 0 radical (unpaired) electrons. The van der Waals surface area contributed by atoms with Gasteiger partial charge in [-0.1, -0.05) is 0 Å². The van der Waals surface area contributed by atoms with Crippen molar-refractivity contribution in [3.05, 3.63) is 0 Å². The minimum absolute atomic E-state index is 0.167. The molecule has 1 rings (SSSR count). The zero-order valence-electron chi connectivity index (χ0n) is 5.34. The van der Waals surface area contributed by atoms with Gasteiger partial charge in [-0.3, -0.25) is 9.69 Å². The van der Waals surface area contributed by atoms with E-state index in [9.17, 15) is 9.59 Å². The molecule has 1 fully saturated rings. The van der Waals surface area contributed by atoms with Gasteiger partial charge < -0.3 is 5.32 Å². The molecule has 4 heteroatoms. The molecule has 0 bridgehead atoms. The Morgan fingerprint density at radius 2 is 2.11 bits per heavy atom. The molecule has 0 unspecified atom stereocenters. The van der Waals surface area contributed by atoms with Crippen molar-refractivity contribution in [1.82, 2.24) is 10.2 Å². The average molecular weight is 128 g/mol. The van der Waals surface area contributed by atoms with Gasteiger partial charge in [0.1, 0.15) is 6.04 Å². The van der Waals surface area contributed by atoms with Gasteiger partial charge in [-0.2, -0.15) is 0 Å². The predicted octanol–water partition coefficient (Wildman–Crippen LogP) is -0.444. The molecule has 0 aromatic heterocycles. The Morgan fingerprint density at radius 1 is 1.56 bits per heavy atom. The molecule has 0 aromatic rings. The van der Waals surface area contributed by atoms with Crippen molar-refractivity contribution in [2.24, 2.45) is 0 Å². The van der Waals surface area contributed by atoms with Crippen molar-refractivity contribution < 1.29 is 9.59 Å². The predicted molar refractivity (Wildman–Crippen MR) is 30.8 cm³/mol. The molecular weight excluding hydrogens is 120 g/mol. The van der Waals surface area contributed by atoms with Crippen LogP contribution in [0.15, 0.2) is 0 Å². The molecule has 0 saturated carbocycles. The summed E-state index contributed by atoms with van der Waals surface area (Å²) in [6, 6.07) is -0.657. The number of rotatable bonds is 0. The van der Waals surface area contributed by atoms with E-state index in [0.717, 1.165) is 4.90 Å². The summed E-state index contributed by atoms with van der Waals surface area (Å²) in [5.74, 6) is -0.167. The van der Waals surface area contributed by atoms with Gasteiger partial charge in [-0.25, -0.2) is 4.79 Å². The molecule has 9 heavy (non-hydrogen) atoms. The minimum Gasteiger partial charge on any atom is -0.326 e. The Morgan fingerprint density at radius 3 is 2.22 bits per heavy atom. The van der Waals surface area contributed by atoms with E-state index in [-0.39, 0.29) is 18.0 Å². The van der Waals surface area contributed by atoms with Crippen LogP contribution >= 0.6 is 0 Å². The number of urea groups is 1. The number of nitrogens with zero attached hydrogens (tertiary/aromatic N) is 1. The average Bonchev–Trinajstić information content (AvgIpc) is 1.98. The van der Waals surface area contributed by atoms with Crippen LogP contribution in [0.3, 0.4) is 0 Å². The van der Waals surface area contributed by atoms with Crippen LogP contribution in [0.25, 0.3) is 0 Å². The lowest BCUT2D eigenvalue weighted by Crippen LogP contribution is -2.25. The molecule has 1 N–H and O–H groups in total. The third kappa shape index (κ3) is 0.759. The standard InChI is InChI=1S/C5H8N2O2/c1-3-4(8)7(2)5(9)6-3/h3H,1-2H3,(H,6,9)/t3-/m0/s1. The van der Waals surface area contributed by atoms with Crippen molar-refractivity contribution in [3.8, 4) is 0 Å². The van der Waals surface area contributed by atoms with Crippen LogP contribution in [0.2, 0.25) is 0 Å². The van der Waals surface area contributed by atoms with E-state index in [1.54, 1.807) is 6.92 Å². The second-order valence-electron chi connectivity index (χ2n) is 2.07. The topological polar surface area (TPSA) is 49.4 Å². The highest BCUT2D eigenvalue weighted by molar-refractivity contribution is 6.03. The van der Waals surface area contributed by atoms with Gasteiger partial charge in [0.15, 0.2) is 0 Å². The molecular formula is C5H8N2O2. The van der Waals surface area contributed by atoms with Crippen molar-refractivity contribution >= 4 is 11.9 Å². The molecule has 1 heterocycles. The maximum atomic E-state index is 10.8. The van der Waals surface area contributed by atoms with Crippen molar-refractivity contribution in [2.75, 3.05) is 7.05 Å². The van der Waals surface area contributed by atoms with Gasteiger partial charge in [-0.05, 0) is 6.92 Å². The lowest BCUT2D eigenvalue weighted by Gasteiger charge is -2.00. The Bertz CT molecular complexity index is 166. The third-order valence-electron chi connectivity index (χ3n) is 1.35. The first-order valence-corrected chi connectivity index (χ1v) is 2.71. The van der Waals surface area contributed by atoms with E-state index in [2.05, 4.69) is 5.32 Å². The molecule has 0 aliphatic carbocycles. The number of nitrogens with one attached hydrogen (secondary N) is 1. The lowest BCUT2D eigenvalue weighted by atomic mass is 10.3. The lowest BCUT2D eigenvalue weighted by molar-refractivity contribution is -0.126. The van der Waals surface area contributed by atoms with Crippen LogP contribution in [0, 0.1) is 0 Å². The van der Waals surface area contributed by atoms with Gasteiger partial charge in [0.2, 0.25) is 0 Å². The molecule has 0 aromatic carbocycles. The van der Waals surface area contributed by atoms with Crippen LogP contribution in [-0.2, 0) is 4.79 Å². The summed E-state index contributed by atoms with van der Waals surface area (Å²) in [5.41, 5.74) is 0. The molecule has 3 amide bonds.